The minimum atomic E-state index is -0.334. The molecule has 1 fully saturated rings. The third-order valence-corrected chi connectivity index (χ3v) is 3.98. The van der Waals surface area contributed by atoms with E-state index in [0.717, 1.165) is 19.5 Å². The van der Waals surface area contributed by atoms with Crippen molar-refractivity contribution in [3.8, 4) is 0 Å². The Morgan fingerprint density at radius 1 is 1.42 bits per heavy atom. The van der Waals surface area contributed by atoms with Gasteiger partial charge < -0.3 is 4.98 Å². The highest BCUT2D eigenvalue weighted by Crippen LogP contribution is 2.26. The largest absolute Gasteiger partial charge is 0.326 e. The number of hydrogen-bond acceptors (Lipinski definition) is 2. The van der Waals surface area contributed by atoms with Crippen LogP contribution in [0.15, 0.2) is 23.0 Å². The first-order valence-electron chi connectivity index (χ1n) is 6.70. The van der Waals surface area contributed by atoms with Gasteiger partial charge in [-0.1, -0.05) is 6.07 Å². The van der Waals surface area contributed by atoms with Gasteiger partial charge in [0.25, 0.3) is 0 Å². The molecule has 19 heavy (non-hydrogen) atoms. The number of nitrogens with one attached hydrogen (secondary N) is 1. The summed E-state index contributed by atoms with van der Waals surface area (Å²) < 4.78 is 15.6. The Balaban J connectivity index is 2.06. The number of rotatable bonds is 2. The van der Waals surface area contributed by atoms with Gasteiger partial charge in [0.1, 0.15) is 11.3 Å². The Morgan fingerprint density at radius 2 is 2.21 bits per heavy atom. The molecule has 102 valence electrons. The van der Waals surface area contributed by atoms with Crippen molar-refractivity contribution in [1.82, 2.24) is 14.5 Å². The van der Waals surface area contributed by atoms with Gasteiger partial charge in [-0.3, -0.25) is 9.47 Å². The van der Waals surface area contributed by atoms with Gasteiger partial charge in [-0.05, 0) is 32.4 Å². The van der Waals surface area contributed by atoms with Gasteiger partial charge in [0, 0.05) is 19.1 Å². The maximum absolute atomic E-state index is 14.0. The summed E-state index contributed by atoms with van der Waals surface area (Å²) in [7, 11) is 0. The molecule has 0 radical (unpaired) electrons. The fourth-order valence-electron chi connectivity index (χ4n) is 2.93. The molecule has 1 aliphatic heterocycles. The molecule has 1 saturated heterocycles. The lowest BCUT2D eigenvalue weighted by atomic mass is 10.2. The number of hydrogen-bond donors (Lipinski definition) is 1. The first-order chi connectivity index (χ1) is 9.08. The molecule has 1 atom stereocenters. The lowest BCUT2D eigenvalue weighted by Crippen LogP contribution is -2.30. The maximum atomic E-state index is 14.0. The maximum Gasteiger partial charge on any atom is 0.326 e. The Morgan fingerprint density at radius 3 is 2.89 bits per heavy atom. The number of para-hydroxylation sites is 1. The second-order valence-electron chi connectivity index (χ2n) is 5.47. The van der Waals surface area contributed by atoms with E-state index in [9.17, 15) is 9.18 Å². The van der Waals surface area contributed by atoms with Crippen LogP contribution in [-0.2, 0) is 0 Å². The highest BCUT2D eigenvalue weighted by atomic mass is 19.1. The average molecular weight is 263 g/mol. The zero-order valence-electron chi connectivity index (χ0n) is 11.2. The molecule has 1 aromatic carbocycles. The fourth-order valence-corrected chi connectivity index (χ4v) is 2.93. The molecule has 5 heteroatoms. The fraction of sp³-hybridized carbons (Fsp3) is 0.500. The van der Waals surface area contributed by atoms with E-state index < -0.39 is 0 Å². The molecule has 2 heterocycles. The normalized spacial score (nSPS) is 20.7. The molecule has 1 aromatic heterocycles. The Kier molecular flexibility index (Phi) is 2.93. The van der Waals surface area contributed by atoms with Crippen LogP contribution in [0.1, 0.15) is 26.3 Å². The average Bonchev–Trinajstić information content (AvgIpc) is 2.93. The van der Waals surface area contributed by atoms with Crippen LogP contribution >= 0.6 is 0 Å². The van der Waals surface area contributed by atoms with Gasteiger partial charge in [-0.15, -0.1) is 0 Å². The van der Waals surface area contributed by atoms with Gasteiger partial charge in [0.15, 0.2) is 0 Å². The van der Waals surface area contributed by atoms with Crippen molar-refractivity contribution >= 4 is 11.0 Å². The first kappa shape index (κ1) is 12.4. The zero-order chi connectivity index (χ0) is 13.6. The van der Waals surface area contributed by atoms with E-state index in [4.69, 9.17) is 0 Å². The molecule has 3 rings (SSSR count). The smallest absolute Gasteiger partial charge is 0.305 e. The summed E-state index contributed by atoms with van der Waals surface area (Å²) >= 11 is 0. The predicted octanol–water partition coefficient (Wildman–Crippen LogP) is 2.12. The summed E-state index contributed by atoms with van der Waals surface area (Å²) in [6, 6.07) is 5.27. The third-order valence-electron chi connectivity index (χ3n) is 3.98. The number of H-pyrrole nitrogens is 1. The quantitative estimate of drug-likeness (QED) is 0.901. The molecule has 1 aliphatic rings. The van der Waals surface area contributed by atoms with Gasteiger partial charge in [0.2, 0.25) is 0 Å². The van der Waals surface area contributed by atoms with Crippen molar-refractivity contribution in [1.29, 1.82) is 0 Å². The van der Waals surface area contributed by atoms with Crippen LogP contribution in [0, 0.1) is 5.82 Å². The molecule has 0 bridgehead atoms. The van der Waals surface area contributed by atoms with Crippen molar-refractivity contribution in [2.75, 3.05) is 13.1 Å². The van der Waals surface area contributed by atoms with Crippen LogP contribution in [0.5, 0.6) is 0 Å². The highest BCUT2D eigenvalue weighted by molar-refractivity contribution is 5.75. The van der Waals surface area contributed by atoms with Gasteiger partial charge in [-0.25, -0.2) is 9.18 Å². The summed E-state index contributed by atoms with van der Waals surface area (Å²) in [5.74, 6) is -0.334. The van der Waals surface area contributed by atoms with E-state index in [1.54, 1.807) is 16.7 Å². The van der Waals surface area contributed by atoms with Gasteiger partial charge >= 0.3 is 5.69 Å². The second-order valence-corrected chi connectivity index (χ2v) is 5.47. The number of nitrogens with zero attached hydrogens (tertiary/aromatic N) is 2. The minimum absolute atomic E-state index is 0.0561. The zero-order valence-corrected chi connectivity index (χ0v) is 11.2. The van der Waals surface area contributed by atoms with Crippen LogP contribution in [0.4, 0.5) is 4.39 Å². The Hall–Kier alpha value is -1.62. The van der Waals surface area contributed by atoms with Crippen LogP contribution < -0.4 is 5.69 Å². The van der Waals surface area contributed by atoms with E-state index in [1.165, 1.54) is 6.07 Å². The molecule has 4 nitrogen and oxygen atoms in total. The minimum Gasteiger partial charge on any atom is -0.305 e. The summed E-state index contributed by atoms with van der Waals surface area (Å²) in [6.45, 7) is 6.04. The molecule has 1 N–H and O–H groups in total. The molecule has 0 saturated carbocycles. The van der Waals surface area contributed by atoms with E-state index in [-0.39, 0.29) is 17.5 Å². The second kappa shape index (κ2) is 4.49. The number of fused-ring (bicyclic) bond motifs is 1. The van der Waals surface area contributed by atoms with E-state index in [0.29, 0.717) is 17.1 Å². The molecule has 0 spiro atoms. The van der Waals surface area contributed by atoms with E-state index in [1.807, 2.05) is 0 Å². The number of benzene rings is 1. The Labute approximate surface area is 110 Å². The molecular weight excluding hydrogens is 245 g/mol. The van der Waals surface area contributed by atoms with Crippen LogP contribution in [0.2, 0.25) is 0 Å². The van der Waals surface area contributed by atoms with Crippen molar-refractivity contribution in [3.63, 3.8) is 0 Å². The standard InChI is InChI=1S/C14H18FN3O/c1-9(2)17-7-6-10(8-17)18-13-11(15)4-3-5-12(13)16-14(18)19/h3-5,9-10H,6-8H2,1-2H3,(H,16,19). The molecule has 2 aromatic rings. The van der Waals surface area contributed by atoms with Crippen LogP contribution in [0.3, 0.4) is 0 Å². The topological polar surface area (TPSA) is 41.0 Å². The summed E-state index contributed by atoms with van der Waals surface area (Å²) in [6.07, 6.45) is 0.888. The summed E-state index contributed by atoms with van der Waals surface area (Å²) in [4.78, 5) is 17.1. The van der Waals surface area contributed by atoms with Crippen molar-refractivity contribution in [2.24, 2.45) is 0 Å². The predicted molar refractivity (Wildman–Crippen MR) is 72.9 cm³/mol. The lowest BCUT2D eigenvalue weighted by Gasteiger charge is -2.20. The lowest BCUT2D eigenvalue weighted by molar-refractivity contribution is 0.265. The molecular formula is C14H18FN3O. The summed E-state index contributed by atoms with van der Waals surface area (Å²) in [5.41, 5.74) is 0.770. The monoisotopic (exact) mass is 263 g/mol. The van der Waals surface area contributed by atoms with Crippen molar-refractivity contribution in [2.45, 2.75) is 32.4 Å². The van der Waals surface area contributed by atoms with Gasteiger partial charge in [-0.2, -0.15) is 0 Å². The molecule has 0 aliphatic carbocycles. The molecule has 1 unspecified atom stereocenters. The third kappa shape index (κ3) is 1.98. The Bertz CT molecular complexity index is 658. The van der Waals surface area contributed by atoms with Crippen LogP contribution in [-0.4, -0.2) is 33.6 Å². The van der Waals surface area contributed by atoms with E-state index in [2.05, 4.69) is 23.7 Å². The number of halogens is 1. The summed E-state index contributed by atoms with van der Waals surface area (Å²) in [5, 5.41) is 0. The van der Waals surface area contributed by atoms with Crippen molar-refractivity contribution < 1.29 is 4.39 Å². The van der Waals surface area contributed by atoms with Crippen LogP contribution in [0.25, 0.3) is 11.0 Å². The molecule has 0 amide bonds. The number of imidazole rings is 1. The SMILES string of the molecule is CC(C)N1CCC(n2c(=O)[nH]c3cccc(F)c32)C1. The number of likely N-dealkylation sites (tertiary alicyclic amines) is 1. The van der Waals surface area contributed by atoms with E-state index >= 15 is 0 Å². The highest BCUT2D eigenvalue weighted by Gasteiger charge is 2.28. The number of aromatic nitrogens is 2. The van der Waals surface area contributed by atoms with Gasteiger partial charge in [0.05, 0.1) is 11.6 Å². The first-order valence-corrected chi connectivity index (χ1v) is 6.70. The van der Waals surface area contributed by atoms with Crippen molar-refractivity contribution in [3.05, 3.63) is 34.5 Å². The number of aromatic amines is 1.